The van der Waals surface area contributed by atoms with Crippen LogP contribution >= 0.6 is 0 Å². The van der Waals surface area contributed by atoms with Crippen molar-refractivity contribution in [1.82, 2.24) is 9.62 Å². The Balaban J connectivity index is 1.52. The van der Waals surface area contributed by atoms with Gasteiger partial charge >= 0.3 is 0 Å². The molecule has 6 heteroatoms. The Kier molecular flexibility index (Phi) is 6.65. The van der Waals surface area contributed by atoms with Gasteiger partial charge in [0.25, 0.3) is 0 Å². The number of nitrogens with one attached hydrogen (secondary N) is 1. The summed E-state index contributed by atoms with van der Waals surface area (Å²) in [5.74, 6) is 0.383. The lowest BCUT2D eigenvalue weighted by molar-refractivity contribution is -0.0291. The van der Waals surface area contributed by atoms with Crippen LogP contribution in [-0.2, 0) is 14.8 Å². The fourth-order valence-corrected chi connectivity index (χ4v) is 4.25. The van der Waals surface area contributed by atoms with Gasteiger partial charge in [0.2, 0.25) is 10.0 Å². The fourth-order valence-electron chi connectivity index (χ4n) is 3.23. The van der Waals surface area contributed by atoms with Crippen molar-refractivity contribution in [2.75, 3.05) is 32.8 Å². The molecule has 0 aromatic heterocycles. The Morgan fingerprint density at radius 2 is 1.81 bits per heavy atom. The Morgan fingerprint density at radius 1 is 1.11 bits per heavy atom. The molecule has 2 aromatic rings. The third-order valence-electron chi connectivity index (χ3n) is 4.90. The SMILES string of the molecule is CC(C)c1ccc(S(=O)(=O)NCCN2CCO[C@H](c3ccccc3)C2)cc1. The summed E-state index contributed by atoms with van der Waals surface area (Å²) in [5.41, 5.74) is 2.29. The molecule has 0 aliphatic carbocycles. The van der Waals surface area contributed by atoms with Gasteiger partial charge in [-0.25, -0.2) is 13.1 Å². The first-order chi connectivity index (χ1) is 13.0. The second-order valence-electron chi connectivity index (χ2n) is 7.19. The number of hydrogen-bond acceptors (Lipinski definition) is 4. The van der Waals surface area contributed by atoms with Crippen LogP contribution in [0.1, 0.15) is 37.0 Å². The van der Waals surface area contributed by atoms with Crippen LogP contribution < -0.4 is 4.72 Å². The minimum absolute atomic E-state index is 0.0418. The lowest BCUT2D eigenvalue weighted by Crippen LogP contribution is -2.42. The molecule has 1 atom stereocenters. The van der Waals surface area contributed by atoms with Gasteiger partial charge < -0.3 is 4.74 Å². The smallest absolute Gasteiger partial charge is 0.240 e. The number of nitrogens with zero attached hydrogens (tertiary/aromatic N) is 1. The lowest BCUT2D eigenvalue weighted by Gasteiger charge is -2.33. The van der Waals surface area contributed by atoms with Crippen molar-refractivity contribution in [3.8, 4) is 0 Å². The highest BCUT2D eigenvalue weighted by molar-refractivity contribution is 7.89. The number of morpholine rings is 1. The number of rotatable bonds is 7. The quantitative estimate of drug-likeness (QED) is 0.792. The lowest BCUT2D eigenvalue weighted by atomic mass is 10.0. The first-order valence-electron chi connectivity index (χ1n) is 9.44. The first-order valence-corrected chi connectivity index (χ1v) is 10.9. The molecule has 0 amide bonds. The topological polar surface area (TPSA) is 58.6 Å². The highest BCUT2D eigenvalue weighted by atomic mass is 32.2. The molecule has 0 bridgehead atoms. The van der Waals surface area contributed by atoms with Gasteiger partial charge in [0.1, 0.15) is 0 Å². The molecule has 146 valence electrons. The predicted octanol–water partition coefficient (Wildman–Crippen LogP) is 3.16. The summed E-state index contributed by atoms with van der Waals surface area (Å²) in [4.78, 5) is 2.56. The van der Waals surface area contributed by atoms with Crippen molar-refractivity contribution in [1.29, 1.82) is 0 Å². The van der Waals surface area contributed by atoms with Crippen LogP contribution in [0.5, 0.6) is 0 Å². The monoisotopic (exact) mass is 388 g/mol. The molecule has 1 aliphatic rings. The third kappa shape index (κ3) is 5.39. The molecule has 0 spiro atoms. The highest BCUT2D eigenvalue weighted by Gasteiger charge is 2.22. The van der Waals surface area contributed by atoms with Gasteiger partial charge in [0.15, 0.2) is 0 Å². The van der Waals surface area contributed by atoms with Crippen LogP contribution in [0.3, 0.4) is 0 Å². The molecule has 1 N–H and O–H groups in total. The zero-order valence-corrected chi connectivity index (χ0v) is 16.8. The average Bonchev–Trinajstić information content (AvgIpc) is 2.69. The molecule has 0 unspecified atom stereocenters. The Labute approximate surface area is 162 Å². The molecule has 1 aliphatic heterocycles. The van der Waals surface area contributed by atoms with E-state index in [2.05, 4.69) is 35.6 Å². The van der Waals surface area contributed by atoms with Gasteiger partial charge in [-0.05, 0) is 29.2 Å². The van der Waals surface area contributed by atoms with E-state index in [1.165, 1.54) is 0 Å². The zero-order valence-electron chi connectivity index (χ0n) is 16.0. The molecule has 3 rings (SSSR count). The molecule has 5 nitrogen and oxygen atoms in total. The van der Waals surface area contributed by atoms with Gasteiger partial charge in [-0.15, -0.1) is 0 Å². The van der Waals surface area contributed by atoms with Gasteiger partial charge in [-0.2, -0.15) is 0 Å². The molecule has 1 saturated heterocycles. The van der Waals surface area contributed by atoms with E-state index in [0.717, 1.165) is 24.2 Å². The summed E-state index contributed by atoms with van der Waals surface area (Å²) in [6.07, 6.45) is 0.0418. The second-order valence-corrected chi connectivity index (χ2v) is 8.96. The largest absolute Gasteiger partial charge is 0.371 e. The van der Waals surface area contributed by atoms with Gasteiger partial charge in [-0.3, -0.25) is 4.90 Å². The Bertz CT molecular complexity index is 820. The van der Waals surface area contributed by atoms with E-state index >= 15 is 0 Å². The predicted molar refractivity (Wildman–Crippen MR) is 107 cm³/mol. The highest BCUT2D eigenvalue weighted by Crippen LogP contribution is 2.21. The van der Waals surface area contributed by atoms with E-state index in [0.29, 0.717) is 30.5 Å². The van der Waals surface area contributed by atoms with E-state index in [1.807, 2.05) is 30.3 Å². The minimum atomic E-state index is -3.48. The molecule has 2 aromatic carbocycles. The van der Waals surface area contributed by atoms with Crippen molar-refractivity contribution in [3.05, 3.63) is 65.7 Å². The summed E-state index contributed by atoms with van der Waals surface area (Å²) >= 11 is 0. The van der Waals surface area contributed by atoms with Crippen LogP contribution in [0.25, 0.3) is 0 Å². The van der Waals surface area contributed by atoms with Crippen LogP contribution in [0.15, 0.2) is 59.5 Å². The maximum atomic E-state index is 12.5. The van der Waals surface area contributed by atoms with Gasteiger partial charge in [0, 0.05) is 26.2 Å². The van der Waals surface area contributed by atoms with Crippen LogP contribution in [0, 0.1) is 0 Å². The van der Waals surface area contributed by atoms with E-state index in [4.69, 9.17) is 4.74 Å². The van der Waals surface area contributed by atoms with Crippen LogP contribution in [-0.4, -0.2) is 46.1 Å². The number of benzene rings is 2. The molecular formula is C21H28N2O3S. The molecule has 27 heavy (non-hydrogen) atoms. The Hall–Kier alpha value is -1.73. The number of sulfonamides is 1. The third-order valence-corrected chi connectivity index (χ3v) is 6.38. The van der Waals surface area contributed by atoms with Crippen molar-refractivity contribution in [2.24, 2.45) is 0 Å². The van der Waals surface area contributed by atoms with Gasteiger partial charge in [-0.1, -0.05) is 56.3 Å². The molecule has 0 radical (unpaired) electrons. The standard InChI is InChI=1S/C21H28N2O3S/c1-17(2)18-8-10-20(11-9-18)27(24,25)22-12-13-23-14-15-26-21(16-23)19-6-4-3-5-7-19/h3-11,17,21-22H,12-16H2,1-2H3/t21-/m0/s1. The summed E-state index contributed by atoms with van der Waals surface area (Å²) in [5, 5.41) is 0. The molecule has 1 fully saturated rings. The first kappa shape index (κ1) is 20.0. The normalized spacial score (nSPS) is 18.7. The van der Waals surface area contributed by atoms with Crippen LogP contribution in [0.2, 0.25) is 0 Å². The van der Waals surface area contributed by atoms with Crippen molar-refractivity contribution >= 4 is 10.0 Å². The minimum Gasteiger partial charge on any atom is -0.371 e. The summed E-state index contributed by atoms with van der Waals surface area (Å²) in [6, 6.07) is 17.3. The van der Waals surface area contributed by atoms with E-state index < -0.39 is 10.0 Å². The van der Waals surface area contributed by atoms with Gasteiger partial charge in [0.05, 0.1) is 17.6 Å². The van der Waals surface area contributed by atoms with E-state index in [-0.39, 0.29) is 6.10 Å². The summed E-state index contributed by atoms with van der Waals surface area (Å²) in [6.45, 7) is 7.47. The van der Waals surface area contributed by atoms with Crippen molar-refractivity contribution < 1.29 is 13.2 Å². The molecular weight excluding hydrogens is 360 g/mol. The molecule has 0 saturated carbocycles. The summed E-state index contributed by atoms with van der Waals surface area (Å²) < 4.78 is 33.5. The fraction of sp³-hybridized carbons (Fsp3) is 0.429. The maximum absolute atomic E-state index is 12.5. The van der Waals surface area contributed by atoms with E-state index in [9.17, 15) is 8.42 Å². The van der Waals surface area contributed by atoms with Crippen molar-refractivity contribution in [3.63, 3.8) is 0 Å². The summed E-state index contributed by atoms with van der Waals surface area (Å²) in [7, 11) is -3.48. The number of ether oxygens (including phenoxy) is 1. The maximum Gasteiger partial charge on any atom is 0.240 e. The average molecular weight is 389 g/mol. The second kappa shape index (κ2) is 8.97. The van der Waals surface area contributed by atoms with Crippen LogP contribution in [0.4, 0.5) is 0 Å². The zero-order chi connectivity index (χ0) is 19.3. The Morgan fingerprint density at radius 3 is 2.48 bits per heavy atom. The molecule has 1 heterocycles. The van der Waals surface area contributed by atoms with Crippen molar-refractivity contribution in [2.45, 2.75) is 30.8 Å². The number of hydrogen-bond donors (Lipinski definition) is 1. The van der Waals surface area contributed by atoms with E-state index in [1.54, 1.807) is 12.1 Å².